The van der Waals surface area contributed by atoms with Gasteiger partial charge >= 0.3 is 6.03 Å². The van der Waals surface area contributed by atoms with Gasteiger partial charge in [0, 0.05) is 19.5 Å². The fourth-order valence-corrected chi connectivity index (χ4v) is 4.71. The molecule has 4 N–H and O–H groups in total. The number of aromatic nitrogens is 2. The summed E-state index contributed by atoms with van der Waals surface area (Å²) in [5.41, 5.74) is 6.54. The third-order valence-electron chi connectivity index (χ3n) is 6.60. The summed E-state index contributed by atoms with van der Waals surface area (Å²) in [5, 5.41) is 19.5. The van der Waals surface area contributed by atoms with E-state index >= 15 is 0 Å². The van der Waals surface area contributed by atoms with E-state index in [4.69, 9.17) is 5.73 Å². The second-order valence-corrected chi connectivity index (χ2v) is 8.94. The summed E-state index contributed by atoms with van der Waals surface area (Å²) in [6, 6.07) is 7.23. The van der Waals surface area contributed by atoms with Crippen LogP contribution in [-0.4, -0.2) is 51.2 Å². The summed E-state index contributed by atoms with van der Waals surface area (Å²) < 4.78 is 14.6. The van der Waals surface area contributed by atoms with Crippen LogP contribution in [0.2, 0.25) is 0 Å². The molecule has 4 rings (SSSR count). The fourth-order valence-electron chi connectivity index (χ4n) is 4.71. The van der Waals surface area contributed by atoms with Crippen molar-refractivity contribution in [1.82, 2.24) is 25.3 Å². The number of nitriles is 1. The Hall–Kier alpha value is -3.94. The number of nitrogen functional groups attached to an aromatic ring is 1. The van der Waals surface area contributed by atoms with E-state index in [-0.39, 0.29) is 42.0 Å². The van der Waals surface area contributed by atoms with Gasteiger partial charge < -0.3 is 16.4 Å². The molecule has 2 aromatic rings. The van der Waals surface area contributed by atoms with E-state index in [0.717, 1.165) is 24.2 Å². The lowest BCUT2D eigenvalue weighted by Gasteiger charge is -2.30. The second-order valence-electron chi connectivity index (χ2n) is 8.94. The van der Waals surface area contributed by atoms with Gasteiger partial charge in [-0.15, -0.1) is 0 Å². The van der Waals surface area contributed by atoms with Crippen molar-refractivity contribution < 1.29 is 18.8 Å². The number of nitrogens with one attached hydrogen (secondary N) is 2. The van der Waals surface area contributed by atoms with Crippen LogP contribution in [0.25, 0.3) is 5.69 Å². The molecule has 1 aromatic heterocycles. The van der Waals surface area contributed by atoms with Crippen molar-refractivity contribution >= 4 is 23.7 Å². The molecule has 1 saturated carbocycles. The maximum absolute atomic E-state index is 13.2. The van der Waals surface area contributed by atoms with Crippen LogP contribution in [-0.2, 0) is 16.0 Å². The molecular weight excluding hydrogens is 453 g/mol. The summed E-state index contributed by atoms with van der Waals surface area (Å²) in [5.74, 6) is -0.720. The zero-order valence-electron chi connectivity index (χ0n) is 19.3. The Labute approximate surface area is 202 Å². The lowest BCUT2D eigenvalue weighted by atomic mass is 9.82. The van der Waals surface area contributed by atoms with E-state index in [1.807, 2.05) is 0 Å². The first-order valence-electron chi connectivity index (χ1n) is 11.8. The second kappa shape index (κ2) is 10.1. The smallest absolute Gasteiger partial charge is 0.325 e. The van der Waals surface area contributed by atoms with E-state index in [1.54, 1.807) is 0 Å². The molecule has 1 spiro atoms. The number of hydrogen-bond acceptors (Lipinski definition) is 6. The minimum Gasteiger partial charge on any atom is -0.382 e. The SMILES string of the molecule is N#Cc1c(CCCNC(=O)CCN2C(=O)NC3(CCCCC3)C2=O)nn(-c2ccc(F)cc2)c1N. The number of imide groups is 1. The Balaban J connectivity index is 1.26. The van der Waals surface area contributed by atoms with Crippen LogP contribution in [0.15, 0.2) is 24.3 Å². The monoisotopic (exact) mass is 481 g/mol. The number of halogens is 1. The van der Waals surface area contributed by atoms with E-state index in [1.165, 1.54) is 28.9 Å². The number of rotatable bonds is 8. The molecule has 2 aliphatic rings. The zero-order chi connectivity index (χ0) is 25.0. The van der Waals surface area contributed by atoms with E-state index in [2.05, 4.69) is 21.8 Å². The number of benzene rings is 1. The number of aryl methyl sites for hydroxylation is 1. The Morgan fingerprint density at radius 2 is 1.94 bits per heavy atom. The minimum absolute atomic E-state index is 0.0187. The lowest BCUT2D eigenvalue weighted by molar-refractivity contribution is -0.132. The van der Waals surface area contributed by atoms with Crippen LogP contribution < -0.4 is 16.4 Å². The first kappa shape index (κ1) is 24.2. The fraction of sp³-hybridized carbons (Fsp3) is 0.458. The molecule has 2 heterocycles. The van der Waals surface area contributed by atoms with Gasteiger partial charge in [0.2, 0.25) is 5.91 Å². The summed E-state index contributed by atoms with van der Waals surface area (Å²) in [6.07, 6.45) is 5.08. The highest BCUT2D eigenvalue weighted by atomic mass is 19.1. The molecule has 0 unspecified atom stereocenters. The molecule has 11 heteroatoms. The number of amides is 4. The van der Waals surface area contributed by atoms with Crippen LogP contribution in [0, 0.1) is 17.1 Å². The third kappa shape index (κ3) is 4.96. The molecule has 0 radical (unpaired) electrons. The summed E-state index contributed by atoms with van der Waals surface area (Å²) in [4.78, 5) is 38.5. The molecule has 4 amide bonds. The molecule has 1 aliphatic carbocycles. The van der Waals surface area contributed by atoms with Gasteiger partial charge in [0.25, 0.3) is 5.91 Å². The number of anilines is 1. The van der Waals surface area contributed by atoms with Crippen molar-refractivity contribution in [1.29, 1.82) is 5.26 Å². The number of urea groups is 1. The van der Waals surface area contributed by atoms with Crippen LogP contribution >= 0.6 is 0 Å². The predicted molar refractivity (Wildman–Crippen MR) is 125 cm³/mol. The van der Waals surface area contributed by atoms with E-state index < -0.39 is 11.6 Å². The number of carbonyl (C=O) groups excluding carboxylic acids is 3. The maximum atomic E-state index is 13.2. The molecule has 1 saturated heterocycles. The zero-order valence-corrected chi connectivity index (χ0v) is 19.3. The van der Waals surface area contributed by atoms with Crippen molar-refractivity contribution in [2.24, 2.45) is 0 Å². The largest absolute Gasteiger partial charge is 0.382 e. The minimum atomic E-state index is -0.788. The van der Waals surface area contributed by atoms with Crippen LogP contribution in [0.4, 0.5) is 15.0 Å². The first-order valence-corrected chi connectivity index (χ1v) is 11.8. The van der Waals surface area contributed by atoms with Crippen molar-refractivity contribution in [3.63, 3.8) is 0 Å². The number of nitrogens with zero attached hydrogens (tertiary/aromatic N) is 4. The Morgan fingerprint density at radius 3 is 2.63 bits per heavy atom. The lowest BCUT2D eigenvalue weighted by Crippen LogP contribution is -2.48. The van der Waals surface area contributed by atoms with E-state index in [9.17, 15) is 24.0 Å². The first-order chi connectivity index (χ1) is 16.8. The Kier molecular flexibility index (Phi) is 7.00. The molecule has 2 fully saturated rings. The van der Waals surface area contributed by atoms with Gasteiger partial charge in [-0.1, -0.05) is 19.3 Å². The third-order valence-corrected chi connectivity index (χ3v) is 6.60. The highest BCUT2D eigenvalue weighted by Gasteiger charge is 2.51. The summed E-state index contributed by atoms with van der Waals surface area (Å²) >= 11 is 0. The van der Waals surface area contributed by atoms with Crippen LogP contribution in [0.1, 0.15) is 56.2 Å². The van der Waals surface area contributed by atoms with Gasteiger partial charge in [0.1, 0.15) is 28.8 Å². The molecule has 35 heavy (non-hydrogen) atoms. The highest BCUT2D eigenvalue weighted by molar-refractivity contribution is 6.07. The van der Waals surface area contributed by atoms with Crippen molar-refractivity contribution in [3.8, 4) is 11.8 Å². The van der Waals surface area contributed by atoms with Crippen LogP contribution in [0.3, 0.4) is 0 Å². The van der Waals surface area contributed by atoms with Gasteiger partial charge in [-0.2, -0.15) is 10.4 Å². The van der Waals surface area contributed by atoms with Crippen molar-refractivity contribution in [2.45, 2.75) is 56.9 Å². The molecule has 184 valence electrons. The standard InChI is InChI=1S/C24H28FN7O3/c25-16-6-8-17(9-7-16)32-21(27)18(15-26)19(30-32)5-4-13-28-20(33)10-14-31-22(34)24(29-23(31)35)11-2-1-3-12-24/h6-9H,1-5,10-14,27H2,(H,28,33)(H,29,35). The van der Waals surface area contributed by atoms with Gasteiger partial charge in [-0.3, -0.25) is 14.5 Å². The maximum Gasteiger partial charge on any atom is 0.325 e. The van der Waals surface area contributed by atoms with Gasteiger partial charge in [0.05, 0.1) is 11.4 Å². The molecule has 1 aliphatic heterocycles. The number of carbonyl (C=O) groups is 3. The normalized spacial score (nSPS) is 16.9. The Morgan fingerprint density at radius 1 is 1.23 bits per heavy atom. The summed E-state index contributed by atoms with van der Waals surface area (Å²) in [7, 11) is 0. The highest BCUT2D eigenvalue weighted by Crippen LogP contribution is 2.33. The van der Waals surface area contributed by atoms with Gasteiger partial charge in [0.15, 0.2) is 0 Å². The molecular formula is C24H28FN7O3. The quantitative estimate of drug-likeness (QED) is 0.389. The molecule has 10 nitrogen and oxygen atoms in total. The van der Waals surface area contributed by atoms with Crippen molar-refractivity contribution in [2.75, 3.05) is 18.8 Å². The van der Waals surface area contributed by atoms with Crippen LogP contribution in [0.5, 0.6) is 0 Å². The van der Waals surface area contributed by atoms with Gasteiger partial charge in [-0.05, 0) is 49.9 Å². The Bertz CT molecular complexity index is 1160. The molecule has 1 aromatic carbocycles. The predicted octanol–water partition coefficient (Wildman–Crippen LogP) is 2.16. The average molecular weight is 482 g/mol. The topological polar surface area (TPSA) is 146 Å². The number of nitrogens with two attached hydrogens (primary N) is 1. The van der Waals surface area contributed by atoms with E-state index in [0.29, 0.717) is 43.6 Å². The average Bonchev–Trinajstić information content (AvgIpc) is 3.28. The molecule has 0 atom stereocenters. The summed E-state index contributed by atoms with van der Waals surface area (Å²) in [6.45, 7) is 0.368. The van der Waals surface area contributed by atoms with Crippen molar-refractivity contribution in [3.05, 3.63) is 41.3 Å². The van der Waals surface area contributed by atoms with Gasteiger partial charge in [-0.25, -0.2) is 13.9 Å². The number of hydrogen-bond donors (Lipinski definition) is 3. The molecule has 0 bridgehead atoms.